The highest BCUT2D eigenvalue weighted by Crippen LogP contribution is 2.31. The van der Waals surface area contributed by atoms with Gasteiger partial charge in [-0.15, -0.1) is 0 Å². The first-order valence-corrected chi connectivity index (χ1v) is 5.82. The number of nitrogens with zero attached hydrogens (tertiary/aromatic N) is 1. The maximum Gasteiger partial charge on any atom is 0.146 e. The lowest BCUT2D eigenvalue weighted by molar-refractivity contribution is -0.109. The number of benzene rings is 1. The summed E-state index contributed by atoms with van der Waals surface area (Å²) in [4.78, 5) is 15.3. The topological polar surface area (TPSA) is 42.0 Å². The van der Waals surface area contributed by atoms with Crippen molar-refractivity contribution in [1.29, 1.82) is 0 Å². The van der Waals surface area contributed by atoms with Gasteiger partial charge in [-0.25, -0.2) is 0 Å². The number of hydrogen-bond acceptors (Lipinski definition) is 3. The Morgan fingerprint density at radius 3 is 2.72 bits per heavy atom. The quantitative estimate of drug-likeness (QED) is 0.814. The van der Waals surface area contributed by atoms with E-state index in [1.54, 1.807) is 6.20 Å². The molecule has 2 heterocycles. The molecule has 1 N–H and O–H groups in total. The lowest BCUT2D eigenvalue weighted by Crippen LogP contribution is -2.12. The van der Waals surface area contributed by atoms with Gasteiger partial charge in [-0.2, -0.15) is 0 Å². The standard InChI is InChI=1S/C15H12N2O/c18-10-15-13-7-2-1-6-12(13)14(17-15)9-11-5-3-4-8-16-11/h1-10,15,17H/b14-9-. The zero-order valence-corrected chi connectivity index (χ0v) is 9.71. The number of carbonyl (C=O) groups is 1. The molecule has 88 valence electrons. The molecule has 3 nitrogen and oxygen atoms in total. The summed E-state index contributed by atoms with van der Waals surface area (Å²) in [6, 6.07) is 13.4. The largest absolute Gasteiger partial charge is 0.371 e. The average Bonchev–Trinajstić information content (AvgIpc) is 2.78. The number of fused-ring (bicyclic) bond motifs is 1. The normalized spacial score (nSPS) is 19.3. The van der Waals surface area contributed by atoms with E-state index in [0.29, 0.717) is 0 Å². The van der Waals surface area contributed by atoms with E-state index in [4.69, 9.17) is 0 Å². The van der Waals surface area contributed by atoms with Gasteiger partial charge in [0.05, 0.1) is 5.69 Å². The molecule has 3 rings (SSSR count). The van der Waals surface area contributed by atoms with E-state index in [1.165, 1.54) is 0 Å². The van der Waals surface area contributed by atoms with Crippen molar-refractivity contribution in [1.82, 2.24) is 10.3 Å². The Morgan fingerprint density at radius 1 is 1.11 bits per heavy atom. The van der Waals surface area contributed by atoms with Crippen molar-refractivity contribution in [3.05, 3.63) is 65.5 Å². The summed E-state index contributed by atoms with van der Waals surface area (Å²) < 4.78 is 0. The summed E-state index contributed by atoms with van der Waals surface area (Å²) in [7, 11) is 0. The second-order valence-electron chi connectivity index (χ2n) is 4.16. The molecule has 18 heavy (non-hydrogen) atoms. The third kappa shape index (κ3) is 1.80. The van der Waals surface area contributed by atoms with Crippen molar-refractivity contribution in [2.45, 2.75) is 6.04 Å². The van der Waals surface area contributed by atoms with Gasteiger partial charge in [0.15, 0.2) is 0 Å². The smallest absolute Gasteiger partial charge is 0.146 e. The number of nitrogens with one attached hydrogen (secondary N) is 1. The number of aromatic nitrogens is 1. The lowest BCUT2D eigenvalue weighted by Gasteiger charge is -2.03. The summed E-state index contributed by atoms with van der Waals surface area (Å²) in [6.07, 6.45) is 4.64. The van der Waals surface area contributed by atoms with Gasteiger partial charge in [0, 0.05) is 17.5 Å². The van der Waals surface area contributed by atoms with Gasteiger partial charge >= 0.3 is 0 Å². The summed E-state index contributed by atoms with van der Waals surface area (Å²) >= 11 is 0. The third-order valence-electron chi connectivity index (χ3n) is 3.01. The molecule has 0 amide bonds. The van der Waals surface area contributed by atoms with E-state index in [9.17, 15) is 4.79 Å². The third-order valence-corrected chi connectivity index (χ3v) is 3.01. The Morgan fingerprint density at radius 2 is 1.94 bits per heavy atom. The molecule has 0 bridgehead atoms. The Hall–Kier alpha value is -2.42. The first-order valence-electron chi connectivity index (χ1n) is 5.82. The highest BCUT2D eigenvalue weighted by atomic mass is 16.1. The summed E-state index contributed by atoms with van der Waals surface area (Å²) in [6.45, 7) is 0. The van der Waals surface area contributed by atoms with Crippen LogP contribution < -0.4 is 5.32 Å². The number of rotatable bonds is 2. The van der Waals surface area contributed by atoms with Crippen LogP contribution in [0, 0.1) is 0 Å². The molecule has 1 aliphatic heterocycles. The van der Waals surface area contributed by atoms with Gasteiger partial charge in [0.2, 0.25) is 0 Å². The predicted molar refractivity (Wildman–Crippen MR) is 70.5 cm³/mol. The van der Waals surface area contributed by atoms with E-state index in [1.807, 2.05) is 48.5 Å². The highest BCUT2D eigenvalue weighted by Gasteiger charge is 2.24. The number of pyridine rings is 1. The summed E-state index contributed by atoms with van der Waals surface area (Å²) in [5, 5.41) is 3.21. The van der Waals surface area contributed by atoms with Crippen LogP contribution in [-0.2, 0) is 4.79 Å². The van der Waals surface area contributed by atoms with Crippen molar-refractivity contribution in [3.63, 3.8) is 0 Å². The Bertz CT molecular complexity index is 605. The number of hydrogen-bond donors (Lipinski definition) is 1. The average molecular weight is 236 g/mol. The zero-order valence-electron chi connectivity index (χ0n) is 9.71. The Labute approximate surface area is 105 Å². The van der Waals surface area contributed by atoms with Gasteiger partial charge in [-0.1, -0.05) is 30.3 Å². The Kier molecular flexibility index (Phi) is 2.65. The Balaban J connectivity index is 2.06. The van der Waals surface area contributed by atoms with Gasteiger partial charge in [-0.05, 0) is 23.8 Å². The molecule has 0 fully saturated rings. The van der Waals surface area contributed by atoms with E-state index in [2.05, 4.69) is 10.3 Å². The van der Waals surface area contributed by atoms with E-state index >= 15 is 0 Å². The minimum atomic E-state index is -0.254. The fourth-order valence-corrected chi connectivity index (χ4v) is 2.17. The summed E-state index contributed by atoms with van der Waals surface area (Å²) in [5.41, 5.74) is 3.91. The molecule has 0 aliphatic carbocycles. The SMILES string of the molecule is O=CC1N/C(=C\c2ccccn2)c2ccccc21. The van der Waals surface area contributed by atoms with Crippen molar-refractivity contribution < 1.29 is 4.79 Å². The fraction of sp³-hybridized carbons (Fsp3) is 0.0667. The number of aldehydes is 1. The predicted octanol–water partition coefficient (Wildman–Crippen LogP) is 2.42. The molecule has 0 spiro atoms. The number of carbonyl (C=O) groups excluding carboxylic acids is 1. The van der Waals surface area contributed by atoms with Crippen LogP contribution in [0.15, 0.2) is 48.7 Å². The van der Waals surface area contributed by atoms with E-state index in [-0.39, 0.29) is 6.04 Å². The molecule has 1 atom stereocenters. The minimum absolute atomic E-state index is 0.254. The fourth-order valence-electron chi connectivity index (χ4n) is 2.17. The van der Waals surface area contributed by atoms with Crippen molar-refractivity contribution in [2.24, 2.45) is 0 Å². The van der Waals surface area contributed by atoms with Crippen molar-refractivity contribution >= 4 is 18.1 Å². The maximum atomic E-state index is 11.1. The van der Waals surface area contributed by atoms with Gasteiger partial charge in [0.1, 0.15) is 12.3 Å². The molecule has 3 heteroatoms. The van der Waals surface area contributed by atoms with Crippen LogP contribution in [0.4, 0.5) is 0 Å². The zero-order chi connectivity index (χ0) is 12.4. The molecule has 2 aromatic rings. The van der Waals surface area contributed by atoms with E-state index < -0.39 is 0 Å². The van der Waals surface area contributed by atoms with Crippen molar-refractivity contribution in [3.8, 4) is 0 Å². The molecule has 0 saturated heterocycles. The van der Waals surface area contributed by atoms with E-state index in [0.717, 1.165) is 28.8 Å². The van der Waals surface area contributed by atoms with Crippen LogP contribution in [0.3, 0.4) is 0 Å². The van der Waals surface area contributed by atoms with Crippen LogP contribution >= 0.6 is 0 Å². The molecule has 1 aromatic heterocycles. The highest BCUT2D eigenvalue weighted by molar-refractivity contribution is 5.87. The van der Waals surface area contributed by atoms with Crippen LogP contribution in [0.5, 0.6) is 0 Å². The molecule has 0 radical (unpaired) electrons. The van der Waals surface area contributed by atoms with Crippen LogP contribution in [0.25, 0.3) is 11.8 Å². The van der Waals surface area contributed by atoms with Gasteiger partial charge in [-0.3, -0.25) is 4.98 Å². The maximum absolute atomic E-state index is 11.1. The lowest BCUT2D eigenvalue weighted by atomic mass is 10.0. The summed E-state index contributed by atoms with van der Waals surface area (Å²) in [5.74, 6) is 0. The van der Waals surface area contributed by atoms with Gasteiger partial charge < -0.3 is 10.1 Å². The second-order valence-corrected chi connectivity index (χ2v) is 4.16. The molecule has 1 aromatic carbocycles. The van der Waals surface area contributed by atoms with Crippen LogP contribution in [-0.4, -0.2) is 11.3 Å². The molecular formula is C15H12N2O. The minimum Gasteiger partial charge on any atom is -0.371 e. The molecule has 0 saturated carbocycles. The first-order chi connectivity index (χ1) is 8.88. The molecular weight excluding hydrogens is 224 g/mol. The second kappa shape index (κ2) is 4.45. The molecule has 1 unspecified atom stereocenters. The van der Waals surface area contributed by atoms with Crippen molar-refractivity contribution in [2.75, 3.05) is 0 Å². The first kappa shape index (κ1) is 10.7. The van der Waals surface area contributed by atoms with Crippen LogP contribution in [0.2, 0.25) is 0 Å². The van der Waals surface area contributed by atoms with Crippen LogP contribution in [0.1, 0.15) is 22.9 Å². The monoisotopic (exact) mass is 236 g/mol. The van der Waals surface area contributed by atoms with Gasteiger partial charge in [0.25, 0.3) is 0 Å². The molecule has 1 aliphatic rings.